The van der Waals surface area contributed by atoms with E-state index in [1.54, 1.807) is 12.1 Å². The Hall–Kier alpha value is -2.53. The third kappa shape index (κ3) is 5.77. The molecule has 2 atom stereocenters. The van der Waals surface area contributed by atoms with E-state index in [1.807, 2.05) is 45.0 Å². The molecule has 0 fully saturated rings. The number of aromatic nitrogens is 2. The second-order valence-corrected chi connectivity index (χ2v) is 6.21. The highest BCUT2D eigenvalue weighted by Crippen LogP contribution is 2.23. The summed E-state index contributed by atoms with van der Waals surface area (Å²) in [6.45, 7) is 15.0. The molecule has 0 spiro atoms. The molecule has 2 aromatic rings. The number of aliphatic hydroxyl groups excluding tert-OH is 1. The molecular weight excluding hydrogens is 329 g/mol. The second-order valence-electron chi connectivity index (χ2n) is 6.21. The van der Waals surface area contributed by atoms with Crippen LogP contribution in [0.3, 0.4) is 0 Å². The molecule has 0 bridgehead atoms. The van der Waals surface area contributed by atoms with Crippen LogP contribution in [0, 0.1) is 12.8 Å². The molecule has 0 aliphatic carbocycles. The predicted molar refractivity (Wildman–Crippen MR) is 105 cm³/mol. The molecule has 2 rings (SSSR count). The van der Waals surface area contributed by atoms with Crippen LogP contribution < -0.4 is 5.32 Å². The molecule has 5 heteroatoms. The topological polar surface area (TPSA) is 58.0 Å². The third-order valence-electron chi connectivity index (χ3n) is 3.96. The van der Waals surface area contributed by atoms with Crippen molar-refractivity contribution in [1.29, 1.82) is 0 Å². The Morgan fingerprint density at radius 1 is 1.12 bits per heavy atom. The van der Waals surface area contributed by atoms with Crippen molar-refractivity contribution in [1.82, 2.24) is 15.5 Å². The van der Waals surface area contributed by atoms with Crippen molar-refractivity contribution in [3.63, 3.8) is 0 Å². The number of nitrogens with one attached hydrogen (secondary N) is 1. The van der Waals surface area contributed by atoms with Gasteiger partial charge >= 0.3 is 0 Å². The minimum absolute atomic E-state index is 0.175. The van der Waals surface area contributed by atoms with Crippen molar-refractivity contribution in [2.45, 2.75) is 32.9 Å². The lowest BCUT2D eigenvalue weighted by molar-refractivity contribution is 0.117. The summed E-state index contributed by atoms with van der Waals surface area (Å²) in [5.41, 5.74) is 3.87. The Morgan fingerprint density at radius 3 is 2.19 bits per heavy atom. The molecule has 0 radical (unpaired) electrons. The Kier molecular flexibility index (Phi) is 8.65. The number of aryl methyl sites for hydroxylation is 1. The molecule has 1 aromatic carbocycles. The summed E-state index contributed by atoms with van der Waals surface area (Å²) < 4.78 is 13.3. The van der Waals surface area contributed by atoms with Crippen LogP contribution in [-0.2, 0) is 0 Å². The maximum atomic E-state index is 13.3. The van der Waals surface area contributed by atoms with Crippen LogP contribution in [0.4, 0.5) is 4.39 Å². The van der Waals surface area contributed by atoms with Crippen LogP contribution in [0.25, 0.3) is 11.3 Å². The van der Waals surface area contributed by atoms with Gasteiger partial charge in [-0.25, -0.2) is 4.39 Å². The fourth-order valence-corrected chi connectivity index (χ4v) is 2.24. The first-order valence-corrected chi connectivity index (χ1v) is 8.52. The quantitative estimate of drug-likeness (QED) is 0.722. The van der Waals surface area contributed by atoms with Crippen LogP contribution in [0.2, 0.25) is 0 Å². The van der Waals surface area contributed by atoms with Gasteiger partial charge in [0, 0.05) is 11.3 Å². The predicted octanol–water partition coefficient (Wildman–Crippen LogP) is 4.39. The fraction of sp³-hybridized carbons (Fsp3) is 0.333. The third-order valence-corrected chi connectivity index (χ3v) is 3.96. The number of hydrogen-bond acceptors (Lipinski definition) is 4. The van der Waals surface area contributed by atoms with Crippen LogP contribution in [0.15, 0.2) is 61.8 Å². The highest BCUT2D eigenvalue weighted by Gasteiger charge is 2.22. The summed E-state index contributed by atoms with van der Waals surface area (Å²) in [6.07, 6.45) is -0.955. The highest BCUT2D eigenvalue weighted by atomic mass is 19.1. The van der Waals surface area contributed by atoms with E-state index < -0.39 is 18.8 Å². The van der Waals surface area contributed by atoms with E-state index >= 15 is 0 Å². The molecular formula is C21H28FN3O. The van der Waals surface area contributed by atoms with E-state index in [9.17, 15) is 9.50 Å². The molecule has 4 nitrogen and oxygen atoms in total. The molecule has 0 saturated heterocycles. The number of benzene rings is 1. The van der Waals surface area contributed by atoms with Crippen LogP contribution in [0.5, 0.6) is 0 Å². The summed E-state index contributed by atoms with van der Waals surface area (Å²) in [7, 11) is 0. The van der Waals surface area contributed by atoms with Crippen molar-refractivity contribution in [2.24, 2.45) is 5.92 Å². The monoisotopic (exact) mass is 357 g/mol. The molecule has 140 valence electrons. The van der Waals surface area contributed by atoms with Gasteiger partial charge in [0.2, 0.25) is 0 Å². The van der Waals surface area contributed by atoms with Crippen LogP contribution in [0.1, 0.15) is 31.2 Å². The Balaban J connectivity index is 0.00000163. The maximum Gasteiger partial charge on any atom is 0.112 e. The minimum Gasteiger partial charge on any atom is -0.386 e. The van der Waals surface area contributed by atoms with E-state index in [4.69, 9.17) is 0 Å². The molecule has 0 amide bonds. The number of aliphatic hydroxyl groups is 1. The van der Waals surface area contributed by atoms with Crippen molar-refractivity contribution in [3.05, 3.63) is 73.1 Å². The van der Waals surface area contributed by atoms with E-state index in [2.05, 4.69) is 35.3 Å². The number of alkyl halides is 1. The second kappa shape index (κ2) is 10.5. The fourth-order valence-electron chi connectivity index (χ4n) is 2.24. The molecule has 2 unspecified atom stereocenters. The van der Waals surface area contributed by atoms with Gasteiger partial charge in [0.15, 0.2) is 0 Å². The zero-order chi connectivity index (χ0) is 19.7. The summed E-state index contributed by atoms with van der Waals surface area (Å²) in [4.78, 5) is 0. The normalized spacial score (nSPS) is 12.7. The van der Waals surface area contributed by atoms with Gasteiger partial charge in [0.05, 0.1) is 17.4 Å². The zero-order valence-corrected chi connectivity index (χ0v) is 15.7. The number of nitrogens with zero attached hydrogens (tertiary/aromatic N) is 2. The summed E-state index contributed by atoms with van der Waals surface area (Å²) in [5.74, 6) is 0.175. The van der Waals surface area contributed by atoms with Crippen molar-refractivity contribution in [3.8, 4) is 11.3 Å². The number of halogens is 1. The number of rotatable bonds is 7. The van der Waals surface area contributed by atoms with Crippen molar-refractivity contribution < 1.29 is 9.50 Å². The zero-order valence-electron chi connectivity index (χ0n) is 15.7. The smallest absolute Gasteiger partial charge is 0.112 e. The Morgan fingerprint density at radius 2 is 1.73 bits per heavy atom. The van der Waals surface area contributed by atoms with Gasteiger partial charge in [-0.05, 0) is 30.5 Å². The minimum atomic E-state index is -0.955. The van der Waals surface area contributed by atoms with Gasteiger partial charge in [-0.15, -0.1) is 13.2 Å². The summed E-state index contributed by atoms with van der Waals surface area (Å²) >= 11 is 0. The maximum absolute atomic E-state index is 13.3. The largest absolute Gasteiger partial charge is 0.386 e. The van der Waals surface area contributed by atoms with E-state index in [1.165, 1.54) is 0 Å². The van der Waals surface area contributed by atoms with E-state index in [0.29, 0.717) is 11.3 Å². The van der Waals surface area contributed by atoms with E-state index in [-0.39, 0.29) is 5.92 Å². The van der Waals surface area contributed by atoms with Gasteiger partial charge in [-0.3, -0.25) is 0 Å². The standard InChI is InChI=1S/C19H24FN3O.C2H4/c1-12(2)14(4)21-18(11-20)19(24)16-8-6-15(7-9-16)17-10-5-13(3)22-23-17;1-2/h5-10,12,18-19,21,24H,4,11H2,1-3H3;1-2H2. The first-order chi connectivity index (χ1) is 12.4. The van der Waals surface area contributed by atoms with Gasteiger partial charge in [0.25, 0.3) is 0 Å². The Labute approximate surface area is 155 Å². The van der Waals surface area contributed by atoms with Gasteiger partial charge in [0.1, 0.15) is 12.8 Å². The molecule has 26 heavy (non-hydrogen) atoms. The molecule has 0 saturated carbocycles. The lowest BCUT2D eigenvalue weighted by atomic mass is 9.99. The molecule has 1 heterocycles. The lowest BCUT2D eigenvalue weighted by Crippen LogP contribution is -2.37. The molecule has 0 aliphatic rings. The SMILES string of the molecule is C=C.C=C(NC(CF)C(O)c1ccc(-c2ccc(C)nn2)cc1)C(C)C. The summed E-state index contributed by atoms with van der Waals surface area (Å²) in [6, 6.07) is 10.3. The summed E-state index contributed by atoms with van der Waals surface area (Å²) in [5, 5.41) is 21.6. The van der Waals surface area contributed by atoms with Crippen LogP contribution in [-0.4, -0.2) is 28.0 Å². The Bertz CT molecular complexity index is 683. The van der Waals surface area contributed by atoms with Crippen LogP contribution >= 0.6 is 0 Å². The first kappa shape index (κ1) is 21.5. The lowest BCUT2D eigenvalue weighted by Gasteiger charge is -2.25. The molecule has 1 aromatic heterocycles. The van der Waals surface area contributed by atoms with Gasteiger partial charge < -0.3 is 10.4 Å². The average Bonchev–Trinajstić information content (AvgIpc) is 2.67. The van der Waals surface area contributed by atoms with E-state index in [0.717, 1.165) is 17.0 Å². The first-order valence-electron chi connectivity index (χ1n) is 8.52. The van der Waals surface area contributed by atoms with Gasteiger partial charge in [-0.2, -0.15) is 10.2 Å². The highest BCUT2D eigenvalue weighted by molar-refractivity contribution is 5.58. The van der Waals surface area contributed by atoms with Crippen molar-refractivity contribution in [2.75, 3.05) is 6.67 Å². The average molecular weight is 357 g/mol. The number of hydrogen-bond donors (Lipinski definition) is 2. The van der Waals surface area contributed by atoms with Crippen molar-refractivity contribution >= 4 is 0 Å². The molecule has 2 N–H and O–H groups in total. The molecule has 0 aliphatic heterocycles. The number of allylic oxidation sites excluding steroid dienone is 1. The van der Waals surface area contributed by atoms with Gasteiger partial charge in [-0.1, -0.05) is 44.7 Å².